The summed E-state index contributed by atoms with van der Waals surface area (Å²) in [5.41, 5.74) is 6.21. The molecule has 0 saturated heterocycles. The summed E-state index contributed by atoms with van der Waals surface area (Å²) in [5.74, 6) is 6.51. The van der Waals surface area contributed by atoms with Crippen molar-refractivity contribution in [3.8, 4) is 22.5 Å². The van der Waals surface area contributed by atoms with Crippen LogP contribution in [-0.2, 0) is 10.0 Å². The van der Waals surface area contributed by atoms with Crippen molar-refractivity contribution in [1.29, 1.82) is 0 Å². The minimum absolute atomic E-state index is 0.155. The third-order valence-electron chi connectivity index (χ3n) is 5.18. The molecule has 1 aliphatic carbocycles. The standard InChI is InChI=1S/C20H23N5O4S/c1-11-3-4-16(30(27,28)25-14-7-15(26)8-14)9-17(11)13-6-18(20(23-21)22-10-13)19-5-12(2)24-29-19/h3-6,9-10,14-15,25-26H,7-8,21H2,1-2H3,(H,22,23). The van der Waals surface area contributed by atoms with Crippen molar-refractivity contribution in [2.24, 2.45) is 5.84 Å². The van der Waals surface area contributed by atoms with Gasteiger partial charge in [0.05, 0.1) is 22.3 Å². The smallest absolute Gasteiger partial charge is 0.240 e. The highest BCUT2D eigenvalue weighted by Crippen LogP contribution is 2.33. The molecule has 4 rings (SSSR count). The third kappa shape index (κ3) is 3.94. The lowest BCUT2D eigenvalue weighted by Gasteiger charge is -2.31. The normalized spacial score (nSPS) is 18.8. The number of nitrogens with two attached hydrogens (primary N) is 1. The molecule has 0 atom stereocenters. The maximum atomic E-state index is 12.8. The number of rotatable bonds is 6. The summed E-state index contributed by atoms with van der Waals surface area (Å²) < 4.78 is 33.5. The molecule has 1 fully saturated rings. The summed E-state index contributed by atoms with van der Waals surface area (Å²) in [6.07, 6.45) is 2.03. The molecular weight excluding hydrogens is 406 g/mol. The van der Waals surface area contributed by atoms with E-state index in [9.17, 15) is 13.5 Å². The second kappa shape index (κ2) is 7.80. The number of aromatic nitrogens is 2. The van der Waals surface area contributed by atoms with Crippen LogP contribution in [0.4, 0.5) is 5.82 Å². The molecule has 0 unspecified atom stereocenters. The van der Waals surface area contributed by atoms with Crippen molar-refractivity contribution in [3.63, 3.8) is 0 Å². The molecule has 2 aromatic heterocycles. The number of nitrogens with one attached hydrogen (secondary N) is 2. The fourth-order valence-electron chi connectivity index (χ4n) is 3.46. The minimum atomic E-state index is -3.71. The van der Waals surface area contributed by atoms with Gasteiger partial charge in [-0.3, -0.25) is 0 Å². The van der Waals surface area contributed by atoms with Gasteiger partial charge in [0.15, 0.2) is 11.6 Å². The molecule has 0 aliphatic heterocycles. The quantitative estimate of drug-likeness (QED) is 0.345. The van der Waals surface area contributed by atoms with Crippen LogP contribution in [0.5, 0.6) is 0 Å². The first-order valence-electron chi connectivity index (χ1n) is 9.48. The Balaban J connectivity index is 1.73. The van der Waals surface area contributed by atoms with Crippen LogP contribution in [-0.4, -0.2) is 35.8 Å². The topological polar surface area (TPSA) is 143 Å². The second-order valence-electron chi connectivity index (χ2n) is 7.52. The lowest BCUT2D eigenvalue weighted by molar-refractivity contribution is 0.0712. The number of sulfonamides is 1. The lowest BCUT2D eigenvalue weighted by atomic mass is 9.91. The van der Waals surface area contributed by atoms with E-state index in [2.05, 4.69) is 20.3 Å². The Labute approximate surface area is 174 Å². The summed E-state index contributed by atoms with van der Waals surface area (Å²) in [4.78, 5) is 4.51. The number of nitrogen functional groups attached to an aromatic ring is 1. The predicted molar refractivity (Wildman–Crippen MR) is 112 cm³/mol. The first-order chi connectivity index (χ1) is 14.3. The number of hydrazine groups is 1. The van der Waals surface area contributed by atoms with E-state index in [1.807, 2.05) is 19.9 Å². The highest BCUT2D eigenvalue weighted by molar-refractivity contribution is 7.89. The predicted octanol–water partition coefficient (Wildman–Crippen LogP) is 2.11. The minimum Gasteiger partial charge on any atom is -0.393 e. The molecule has 10 heteroatoms. The number of benzene rings is 1. The van der Waals surface area contributed by atoms with Crippen molar-refractivity contribution in [2.75, 3.05) is 5.43 Å². The maximum Gasteiger partial charge on any atom is 0.240 e. The van der Waals surface area contributed by atoms with Crippen LogP contribution in [0.2, 0.25) is 0 Å². The van der Waals surface area contributed by atoms with Gasteiger partial charge in [0.1, 0.15) is 0 Å². The van der Waals surface area contributed by atoms with E-state index in [-0.39, 0.29) is 10.9 Å². The van der Waals surface area contributed by atoms with E-state index >= 15 is 0 Å². The average Bonchev–Trinajstić information content (AvgIpc) is 3.12. The largest absolute Gasteiger partial charge is 0.393 e. The van der Waals surface area contributed by atoms with Crippen LogP contribution < -0.4 is 16.0 Å². The van der Waals surface area contributed by atoms with Gasteiger partial charge < -0.3 is 15.1 Å². The van der Waals surface area contributed by atoms with E-state index in [0.717, 1.165) is 16.8 Å². The Morgan fingerprint density at radius 1 is 1.17 bits per heavy atom. The van der Waals surface area contributed by atoms with Crippen molar-refractivity contribution >= 4 is 15.8 Å². The highest BCUT2D eigenvalue weighted by Gasteiger charge is 2.31. The van der Waals surface area contributed by atoms with Crippen molar-refractivity contribution in [3.05, 3.63) is 47.8 Å². The number of hydrogen-bond donors (Lipinski definition) is 4. The molecule has 30 heavy (non-hydrogen) atoms. The van der Waals surface area contributed by atoms with Gasteiger partial charge in [0.25, 0.3) is 0 Å². The number of aryl methyl sites for hydroxylation is 2. The molecule has 158 valence electrons. The molecule has 1 saturated carbocycles. The van der Waals surface area contributed by atoms with Crippen molar-refractivity contribution in [1.82, 2.24) is 14.9 Å². The molecule has 0 spiro atoms. The molecule has 0 radical (unpaired) electrons. The third-order valence-corrected chi connectivity index (χ3v) is 6.70. The van der Waals surface area contributed by atoms with Crippen molar-refractivity contribution < 1.29 is 18.0 Å². The van der Waals surface area contributed by atoms with E-state index < -0.39 is 16.1 Å². The van der Waals surface area contributed by atoms with Gasteiger partial charge in [-0.15, -0.1) is 0 Å². The first kappa shape index (κ1) is 20.5. The van der Waals surface area contributed by atoms with Crippen LogP contribution >= 0.6 is 0 Å². The van der Waals surface area contributed by atoms with Gasteiger partial charge in [-0.2, -0.15) is 0 Å². The summed E-state index contributed by atoms with van der Waals surface area (Å²) in [6, 6.07) is 8.30. The zero-order valence-corrected chi connectivity index (χ0v) is 17.4. The Morgan fingerprint density at radius 3 is 2.57 bits per heavy atom. The molecule has 5 N–H and O–H groups in total. The Kier molecular flexibility index (Phi) is 5.33. The van der Waals surface area contributed by atoms with E-state index in [1.165, 1.54) is 0 Å². The van der Waals surface area contributed by atoms with Gasteiger partial charge in [-0.05, 0) is 56.0 Å². The summed E-state index contributed by atoms with van der Waals surface area (Å²) in [5, 5.41) is 13.3. The van der Waals surface area contributed by atoms with Gasteiger partial charge >= 0.3 is 0 Å². The van der Waals surface area contributed by atoms with Gasteiger partial charge in [-0.1, -0.05) is 11.2 Å². The molecular formula is C20H23N5O4S. The van der Waals surface area contributed by atoms with Crippen LogP contribution in [0.1, 0.15) is 24.1 Å². The highest BCUT2D eigenvalue weighted by atomic mass is 32.2. The molecule has 1 aliphatic rings. The van der Waals surface area contributed by atoms with E-state index in [4.69, 9.17) is 10.4 Å². The van der Waals surface area contributed by atoms with Crippen LogP contribution in [0.15, 0.2) is 45.9 Å². The van der Waals surface area contributed by atoms with Crippen molar-refractivity contribution in [2.45, 2.75) is 43.7 Å². The molecule has 0 bridgehead atoms. The Bertz CT molecular complexity index is 1190. The molecule has 1 aromatic carbocycles. The number of aliphatic hydroxyl groups is 1. The maximum absolute atomic E-state index is 12.8. The summed E-state index contributed by atoms with van der Waals surface area (Å²) in [7, 11) is -3.71. The Morgan fingerprint density at radius 2 is 1.93 bits per heavy atom. The first-order valence-corrected chi connectivity index (χ1v) is 11.0. The van der Waals surface area contributed by atoms with Gasteiger partial charge in [0, 0.05) is 23.9 Å². The van der Waals surface area contributed by atoms with Gasteiger partial charge in [0.2, 0.25) is 10.0 Å². The number of hydrogen-bond acceptors (Lipinski definition) is 8. The number of nitrogens with zero attached hydrogens (tertiary/aromatic N) is 2. The zero-order chi connectivity index (χ0) is 21.5. The van der Waals surface area contributed by atoms with Crippen LogP contribution in [0.3, 0.4) is 0 Å². The second-order valence-corrected chi connectivity index (χ2v) is 9.23. The monoisotopic (exact) mass is 429 g/mol. The van der Waals surface area contributed by atoms with Gasteiger partial charge in [-0.25, -0.2) is 24.0 Å². The number of pyridine rings is 1. The summed E-state index contributed by atoms with van der Waals surface area (Å²) >= 11 is 0. The fourth-order valence-corrected chi connectivity index (χ4v) is 4.74. The fraction of sp³-hybridized carbons (Fsp3) is 0.300. The number of anilines is 1. The van der Waals surface area contributed by atoms with E-state index in [0.29, 0.717) is 35.5 Å². The molecule has 3 aromatic rings. The summed E-state index contributed by atoms with van der Waals surface area (Å²) in [6.45, 7) is 3.71. The Hall–Kier alpha value is -2.79. The molecule has 0 amide bonds. The zero-order valence-electron chi connectivity index (χ0n) is 16.6. The van der Waals surface area contributed by atoms with Crippen LogP contribution in [0, 0.1) is 13.8 Å². The number of aliphatic hydroxyl groups excluding tert-OH is 1. The average molecular weight is 430 g/mol. The SMILES string of the molecule is Cc1cc(-c2cc(-c3cc(S(=O)(=O)NC4CC(O)C4)ccc3C)cnc2NN)on1. The molecule has 9 nitrogen and oxygen atoms in total. The molecule has 2 heterocycles. The van der Waals surface area contributed by atoms with E-state index in [1.54, 1.807) is 30.5 Å². The van der Waals surface area contributed by atoms with Crippen LogP contribution in [0.25, 0.3) is 22.5 Å². The lowest BCUT2D eigenvalue weighted by Crippen LogP contribution is -2.46.